The molecule has 0 radical (unpaired) electrons. The van der Waals surface area contributed by atoms with E-state index >= 15 is 0 Å². The van der Waals surface area contributed by atoms with E-state index in [1.807, 2.05) is 61.6 Å². The first-order valence-electron chi connectivity index (χ1n) is 8.90. The summed E-state index contributed by atoms with van der Waals surface area (Å²) in [5, 5.41) is 3.09. The molecule has 6 heteroatoms. The highest BCUT2D eigenvalue weighted by atomic mass is 16.5. The van der Waals surface area contributed by atoms with E-state index in [2.05, 4.69) is 5.32 Å². The Labute approximate surface area is 160 Å². The van der Waals surface area contributed by atoms with Crippen LogP contribution in [0.3, 0.4) is 0 Å². The third-order valence-electron chi connectivity index (χ3n) is 4.30. The molecule has 2 aromatic carbocycles. The Hall–Kier alpha value is -2.86. The van der Waals surface area contributed by atoms with Gasteiger partial charge in [-0.05, 0) is 23.3 Å². The summed E-state index contributed by atoms with van der Waals surface area (Å²) in [5.74, 6) is 0.655. The van der Waals surface area contributed by atoms with Gasteiger partial charge in [-0.1, -0.05) is 42.5 Å². The number of quaternary nitrogens is 1. The summed E-state index contributed by atoms with van der Waals surface area (Å²) in [7, 11) is 6.89. The van der Waals surface area contributed by atoms with Crippen molar-refractivity contribution in [2.24, 2.45) is 0 Å². The Balaban J connectivity index is 2.12. The summed E-state index contributed by atoms with van der Waals surface area (Å²) in [6.45, 7) is 0.498. The third-order valence-corrected chi connectivity index (χ3v) is 4.30. The van der Waals surface area contributed by atoms with Gasteiger partial charge in [-0.15, -0.1) is 0 Å². The Kier molecular flexibility index (Phi) is 7.37. The molecule has 0 fully saturated rings. The number of ether oxygens (including phenoxy) is 1. The Morgan fingerprint density at radius 1 is 1.00 bits per heavy atom. The zero-order chi connectivity index (χ0) is 19.8. The van der Waals surface area contributed by atoms with Crippen molar-refractivity contribution in [1.29, 1.82) is 0 Å². The first kappa shape index (κ1) is 20.5. The molecule has 2 atom stereocenters. The molecule has 2 N–H and O–H groups in total. The second kappa shape index (κ2) is 9.73. The van der Waals surface area contributed by atoms with Gasteiger partial charge in [0.25, 0.3) is 11.8 Å². The second-order valence-corrected chi connectivity index (χ2v) is 6.78. The quantitative estimate of drug-likeness (QED) is 0.712. The number of amides is 2. The van der Waals surface area contributed by atoms with Crippen molar-refractivity contribution in [2.45, 2.75) is 6.04 Å². The zero-order valence-electron chi connectivity index (χ0n) is 16.4. The maximum atomic E-state index is 12.6. The number of carbonyl (C=O) groups excluding carboxylic acids is 2. The minimum atomic E-state index is -0.262. The van der Waals surface area contributed by atoms with Gasteiger partial charge in [-0.3, -0.25) is 9.59 Å². The van der Waals surface area contributed by atoms with E-state index in [1.165, 1.54) is 4.90 Å². The topological polar surface area (TPSA) is 63.1 Å². The summed E-state index contributed by atoms with van der Waals surface area (Å²) >= 11 is 0. The molecule has 1 unspecified atom stereocenters. The molecule has 144 valence electrons. The van der Waals surface area contributed by atoms with Crippen LogP contribution in [0.4, 0.5) is 0 Å². The van der Waals surface area contributed by atoms with Crippen LogP contribution in [0.2, 0.25) is 0 Å². The fraction of sp³-hybridized carbons (Fsp3) is 0.333. The molecule has 0 aliphatic heterocycles. The van der Waals surface area contributed by atoms with E-state index in [-0.39, 0.29) is 30.9 Å². The van der Waals surface area contributed by atoms with Crippen molar-refractivity contribution >= 4 is 11.8 Å². The van der Waals surface area contributed by atoms with Crippen LogP contribution in [0.25, 0.3) is 0 Å². The van der Waals surface area contributed by atoms with E-state index in [9.17, 15) is 9.59 Å². The van der Waals surface area contributed by atoms with Crippen molar-refractivity contribution in [3.8, 4) is 5.75 Å². The average molecular weight is 370 g/mol. The number of nitrogens with zero attached hydrogens (tertiary/aromatic N) is 1. The van der Waals surface area contributed by atoms with Crippen molar-refractivity contribution < 1.29 is 19.2 Å². The molecule has 27 heavy (non-hydrogen) atoms. The first-order chi connectivity index (χ1) is 12.9. The smallest absolute Gasteiger partial charge is 0.277 e. The molecule has 0 aromatic heterocycles. The monoisotopic (exact) mass is 370 g/mol. The second-order valence-electron chi connectivity index (χ2n) is 6.78. The number of rotatable bonds is 8. The molecule has 0 aliphatic carbocycles. The first-order valence-corrected chi connectivity index (χ1v) is 8.90. The van der Waals surface area contributed by atoms with Gasteiger partial charge in [-0.25, -0.2) is 0 Å². The van der Waals surface area contributed by atoms with Crippen LogP contribution in [0.1, 0.15) is 17.2 Å². The normalized spacial score (nSPS) is 12.7. The zero-order valence-corrected chi connectivity index (χ0v) is 16.4. The number of methoxy groups -OCH3 is 1. The standard InChI is InChI=1S/C21H27N3O3/c1-23(2)20(26)15-24(3)14-19(25)22-21(16-8-6-5-7-9-16)17-10-12-18(27-4)13-11-17/h5-13,21H,14-15H2,1-4H3,(H,22,25)/p+1/t21-/m1/s1. The molecule has 2 rings (SSSR count). The van der Waals surface area contributed by atoms with E-state index in [0.29, 0.717) is 0 Å². The van der Waals surface area contributed by atoms with Crippen LogP contribution in [-0.4, -0.2) is 58.1 Å². The maximum absolute atomic E-state index is 12.6. The van der Waals surface area contributed by atoms with Crippen molar-refractivity contribution in [3.63, 3.8) is 0 Å². The summed E-state index contributed by atoms with van der Waals surface area (Å²) in [6.07, 6.45) is 0. The Bertz CT molecular complexity index is 745. The molecule has 0 heterocycles. The molecule has 0 spiro atoms. The van der Waals surface area contributed by atoms with Gasteiger partial charge in [0.15, 0.2) is 13.1 Å². The SMILES string of the molecule is COc1ccc([C@H](NC(=O)C[NH+](C)CC(=O)N(C)C)c2ccccc2)cc1. The van der Waals surface area contributed by atoms with Crippen molar-refractivity contribution in [2.75, 3.05) is 41.3 Å². The minimum Gasteiger partial charge on any atom is -0.497 e. The molecule has 2 aromatic rings. The lowest BCUT2D eigenvalue weighted by Gasteiger charge is -2.22. The van der Waals surface area contributed by atoms with Gasteiger partial charge in [0, 0.05) is 14.1 Å². The van der Waals surface area contributed by atoms with Gasteiger partial charge < -0.3 is 19.9 Å². The lowest BCUT2D eigenvalue weighted by atomic mass is 9.98. The fourth-order valence-electron chi connectivity index (χ4n) is 2.77. The number of likely N-dealkylation sites (N-methyl/N-ethyl adjacent to an activating group) is 2. The van der Waals surface area contributed by atoms with Gasteiger partial charge in [-0.2, -0.15) is 0 Å². The molecule has 6 nitrogen and oxygen atoms in total. The maximum Gasteiger partial charge on any atom is 0.277 e. The molecule has 0 bridgehead atoms. The number of nitrogens with one attached hydrogen (secondary N) is 2. The number of benzene rings is 2. The van der Waals surface area contributed by atoms with Crippen molar-refractivity contribution in [3.05, 3.63) is 65.7 Å². The molecular formula is C21H28N3O3+. The lowest BCUT2D eigenvalue weighted by Crippen LogP contribution is -3.11. The molecule has 0 saturated heterocycles. The predicted octanol–water partition coefficient (Wildman–Crippen LogP) is 0.504. The third kappa shape index (κ3) is 6.11. The lowest BCUT2D eigenvalue weighted by molar-refractivity contribution is -0.862. The molecule has 2 amide bonds. The van der Waals surface area contributed by atoms with Crippen LogP contribution in [0.5, 0.6) is 5.75 Å². The molecule has 0 aliphatic rings. The van der Waals surface area contributed by atoms with Gasteiger partial charge in [0.05, 0.1) is 20.2 Å². The molecule has 0 saturated carbocycles. The van der Waals surface area contributed by atoms with Crippen LogP contribution >= 0.6 is 0 Å². The summed E-state index contributed by atoms with van der Waals surface area (Å²) in [4.78, 5) is 26.8. The van der Waals surface area contributed by atoms with Gasteiger partial charge >= 0.3 is 0 Å². The van der Waals surface area contributed by atoms with Crippen LogP contribution in [0.15, 0.2) is 54.6 Å². The van der Waals surface area contributed by atoms with Crippen LogP contribution in [-0.2, 0) is 9.59 Å². The number of hydrogen-bond donors (Lipinski definition) is 2. The highest BCUT2D eigenvalue weighted by Crippen LogP contribution is 2.23. The minimum absolute atomic E-state index is 0.00457. The Morgan fingerprint density at radius 2 is 1.59 bits per heavy atom. The van der Waals surface area contributed by atoms with E-state index in [1.54, 1.807) is 21.2 Å². The average Bonchev–Trinajstić information content (AvgIpc) is 2.66. The van der Waals surface area contributed by atoms with E-state index in [4.69, 9.17) is 4.74 Å². The van der Waals surface area contributed by atoms with E-state index in [0.717, 1.165) is 21.8 Å². The summed E-state index contributed by atoms with van der Waals surface area (Å²) < 4.78 is 5.22. The van der Waals surface area contributed by atoms with Crippen LogP contribution in [0, 0.1) is 0 Å². The van der Waals surface area contributed by atoms with Gasteiger partial charge in [0.1, 0.15) is 5.75 Å². The van der Waals surface area contributed by atoms with Gasteiger partial charge in [0.2, 0.25) is 0 Å². The number of carbonyl (C=O) groups is 2. The predicted molar refractivity (Wildman–Crippen MR) is 105 cm³/mol. The highest BCUT2D eigenvalue weighted by Gasteiger charge is 2.20. The van der Waals surface area contributed by atoms with E-state index < -0.39 is 0 Å². The fourth-order valence-corrected chi connectivity index (χ4v) is 2.77. The summed E-state index contributed by atoms with van der Waals surface area (Å²) in [5.41, 5.74) is 1.97. The largest absolute Gasteiger partial charge is 0.497 e. The van der Waals surface area contributed by atoms with Crippen LogP contribution < -0.4 is 15.0 Å². The molecular weight excluding hydrogens is 342 g/mol. The number of hydrogen-bond acceptors (Lipinski definition) is 3. The van der Waals surface area contributed by atoms with Crippen molar-refractivity contribution in [1.82, 2.24) is 10.2 Å². The summed E-state index contributed by atoms with van der Waals surface area (Å²) in [6, 6.07) is 17.2. The highest BCUT2D eigenvalue weighted by molar-refractivity contribution is 5.79. The Morgan fingerprint density at radius 3 is 2.15 bits per heavy atom.